The summed E-state index contributed by atoms with van der Waals surface area (Å²) in [6.45, 7) is 5.91. The molecule has 34 heavy (non-hydrogen) atoms. The summed E-state index contributed by atoms with van der Waals surface area (Å²) in [5.74, 6) is -0.0342. The standard InChI is InChI=1S/C25H29N5O3S/c26-24-23(22(32)17-2-1-3-21(31)16-17)34-25(28-24)27-18-4-6-19(7-5-18)29-10-8-20(9-11-29)30-12-14-33-15-13-30/h1-7,16,20,31H,8-15,26H2,(H,27,28). The molecule has 2 aliphatic rings. The highest BCUT2D eigenvalue weighted by molar-refractivity contribution is 7.18. The topological polar surface area (TPSA) is 104 Å². The summed E-state index contributed by atoms with van der Waals surface area (Å²) in [4.78, 5) is 22.5. The Morgan fingerprint density at radius 1 is 1.09 bits per heavy atom. The van der Waals surface area contributed by atoms with Crippen molar-refractivity contribution >= 4 is 39.4 Å². The number of anilines is 4. The van der Waals surface area contributed by atoms with Crippen molar-refractivity contribution in [2.75, 3.05) is 55.3 Å². The van der Waals surface area contributed by atoms with Crippen molar-refractivity contribution in [2.24, 2.45) is 0 Å². The second kappa shape index (κ2) is 10.0. The number of thiazole rings is 1. The van der Waals surface area contributed by atoms with Crippen LogP contribution in [0.2, 0.25) is 0 Å². The number of hydrogen-bond donors (Lipinski definition) is 3. The zero-order valence-electron chi connectivity index (χ0n) is 18.9. The van der Waals surface area contributed by atoms with Gasteiger partial charge in [-0.2, -0.15) is 0 Å². The van der Waals surface area contributed by atoms with Gasteiger partial charge in [-0.05, 0) is 49.2 Å². The predicted octanol–water partition coefficient (Wildman–Crippen LogP) is 3.71. The molecule has 178 valence electrons. The molecule has 9 heteroatoms. The van der Waals surface area contributed by atoms with Gasteiger partial charge < -0.3 is 25.8 Å². The highest BCUT2D eigenvalue weighted by Crippen LogP contribution is 2.31. The van der Waals surface area contributed by atoms with Crippen LogP contribution in [0.5, 0.6) is 5.75 Å². The van der Waals surface area contributed by atoms with Crippen molar-refractivity contribution in [1.82, 2.24) is 9.88 Å². The van der Waals surface area contributed by atoms with Crippen molar-refractivity contribution in [2.45, 2.75) is 18.9 Å². The number of benzene rings is 2. The van der Waals surface area contributed by atoms with E-state index in [4.69, 9.17) is 10.5 Å². The number of aromatic nitrogens is 1. The number of carbonyl (C=O) groups is 1. The van der Waals surface area contributed by atoms with Crippen LogP contribution < -0.4 is 16.0 Å². The van der Waals surface area contributed by atoms with Gasteiger partial charge in [0.2, 0.25) is 5.78 Å². The van der Waals surface area contributed by atoms with Gasteiger partial charge in [0, 0.05) is 49.2 Å². The summed E-state index contributed by atoms with van der Waals surface area (Å²) < 4.78 is 5.48. The number of phenolic OH excluding ortho intramolecular Hbond substituents is 1. The highest BCUT2D eigenvalue weighted by atomic mass is 32.1. The molecule has 2 aliphatic heterocycles. The van der Waals surface area contributed by atoms with E-state index >= 15 is 0 Å². The summed E-state index contributed by atoms with van der Waals surface area (Å²) in [6, 6.07) is 15.2. The fourth-order valence-corrected chi connectivity index (χ4v) is 5.50. The first kappa shape index (κ1) is 22.6. The van der Waals surface area contributed by atoms with Crippen LogP contribution >= 0.6 is 11.3 Å². The van der Waals surface area contributed by atoms with Gasteiger partial charge in [0.25, 0.3) is 0 Å². The third kappa shape index (κ3) is 5.01. The van der Waals surface area contributed by atoms with Crippen LogP contribution in [0.15, 0.2) is 48.5 Å². The molecule has 4 N–H and O–H groups in total. The molecule has 0 amide bonds. The maximum absolute atomic E-state index is 12.8. The third-order valence-electron chi connectivity index (χ3n) is 6.48. The fourth-order valence-electron chi connectivity index (χ4n) is 4.64. The molecule has 0 atom stereocenters. The molecule has 0 saturated carbocycles. The second-order valence-corrected chi connectivity index (χ2v) is 9.65. The molecule has 3 heterocycles. The van der Waals surface area contributed by atoms with E-state index in [0.717, 1.165) is 45.1 Å². The van der Waals surface area contributed by atoms with E-state index in [0.29, 0.717) is 21.6 Å². The molecule has 8 nitrogen and oxygen atoms in total. The van der Waals surface area contributed by atoms with E-state index in [1.54, 1.807) is 12.1 Å². The SMILES string of the molecule is Nc1nc(Nc2ccc(N3CCC(N4CCOCC4)CC3)cc2)sc1C(=O)c1cccc(O)c1. The quantitative estimate of drug-likeness (QED) is 0.460. The molecule has 2 saturated heterocycles. The van der Waals surface area contributed by atoms with Crippen LogP contribution in [0.1, 0.15) is 28.1 Å². The number of piperidine rings is 1. The molecule has 5 rings (SSSR count). The number of phenols is 1. The molecule has 0 spiro atoms. The smallest absolute Gasteiger partial charge is 0.206 e. The summed E-state index contributed by atoms with van der Waals surface area (Å²) in [5.41, 5.74) is 8.49. The highest BCUT2D eigenvalue weighted by Gasteiger charge is 2.26. The van der Waals surface area contributed by atoms with Crippen LogP contribution in [-0.2, 0) is 4.74 Å². The van der Waals surface area contributed by atoms with Crippen LogP contribution in [-0.4, -0.2) is 66.2 Å². The molecular formula is C25H29N5O3S. The fraction of sp³-hybridized carbons (Fsp3) is 0.360. The summed E-state index contributed by atoms with van der Waals surface area (Å²) in [5, 5.41) is 13.5. The maximum Gasteiger partial charge on any atom is 0.206 e. The average Bonchev–Trinajstić information content (AvgIpc) is 3.24. The van der Waals surface area contributed by atoms with Gasteiger partial charge in [-0.1, -0.05) is 23.5 Å². The lowest BCUT2D eigenvalue weighted by atomic mass is 10.0. The first-order valence-corrected chi connectivity index (χ1v) is 12.4. The van der Waals surface area contributed by atoms with E-state index in [1.165, 1.54) is 42.0 Å². The Bertz CT molecular complexity index is 1140. The third-order valence-corrected chi connectivity index (χ3v) is 7.46. The van der Waals surface area contributed by atoms with Crippen molar-refractivity contribution < 1.29 is 14.6 Å². The van der Waals surface area contributed by atoms with Gasteiger partial charge in [0.15, 0.2) is 5.13 Å². The Morgan fingerprint density at radius 3 is 2.53 bits per heavy atom. The van der Waals surface area contributed by atoms with Gasteiger partial charge in [-0.25, -0.2) is 4.98 Å². The number of nitrogens with one attached hydrogen (secondary N) is 1. The van der Waals surface area contributed by atoms with Crippen LogP contribution in [0.3, 0.4) is 0 Å². The monoisotopic (exact) mass is 479 g/mol. The molecular weight excluding hydrogens is 450 g/mol. The van der Waals surface area contributed by atoms with Crippen molar-refractivity contribution in [3.63, 3.8) is 0 Å². The molecule has 0 bridgehead atoms. The van der Waals surface area contributed by atoms with Crippen molar-refractivity contribution in [1.29, 1.82) is 0 Å². The van der Waals surface area contributed by atoms with Gasteiger partial charge >= 0.3 is 0 Å². The largest absolute Gasteiger partial charge is 0.508 e. The summed E-state index contributed by atoms with van der Waals surface area (Å²) >= 11 is 1.21. The average molecular weight is 480 g/mol. The molecule has 0 aliphatic carbocycles. The van der Waals surface area contributed by atoms with E-state index in [1.807, 2.05) is 12.1 Å². The Hall–Kier alpha value is -3.14. The molecule has 3 aromatic rings. The Kier molecular flexibility index (Phi) is 6.66. The normalized spacial score (nSPS) is 17.6. The zero-order valence-corrected chi connectivity index (χ0v) is 19.8. The summed E-state index contributed by atoms with van der Waals surface area (Å²) in [6.07, 6.45) is 2.35. The van der Waals surface area contributed by atoms with Gasteiger partial charge in [-0.15, -0.1) is 0 Å². The van der Waals surface area contributed by atoms with E-state index < -0.39 is 0 Å². The summed E-state index contributed by atoms with van der Waals surface area (Å²) in [7, 11) is 0. The second-order valence-electron chi connectivity index (χ2n) is 8.65. The van der Waals surface area contributed by atoms with Gasteiger partial charge in [-0.3, -0.25) is 9.69 Å². The number of nitrogens with zero attached hydrogens (tertiary/aromatic N) is 3. The number of nitrogens with two attached hydrogens (primary N) is 1. The van der Waals surface area contributed by atoms with Gasteiger partial charge in [0.05, 0.1) is 13.2 Å². The lowest BCUT2D eigenvalue weighted by molar-refractivity contribution is 0.0115. The minimum atomic E-state index is -0.255. The van der Waals surface area contributed by atoms with Crippen LogP contribution in [0, 0.1) is 0 Å². The van der Waals surface area contributed by atoms with E-state index in [2.05, 4.69) is 32.2 Å². The number of morpholine rings is 1. The number of carbonyl (C=O) groups excluding carboxylic acids is 1. The Balaban J connectivity index is 1.20. The van der Waals surface area contributed by atoms with Crippen molar-refractivity contribution in [3.05, 3.63) is 59.0 Å². The van der Waals surface area contributed by atoms with E-state index in [-0.39, 0.29) is 17.4 Å². The number of aromatic hydroxyl groups is 1. The lowest BCUT2D eigenvalue weighted by Crippen LogP contribution is -2.49. The maximum atomic E-state index is 12.8. The number of ketones is 1. The molecule has 0 radical (unpaired) electrons. The zero-order chi connectivity index (χ0) is 23.5. The van der Waals surface area contributed by atoms with Crippen LogP contribution in [0.4, 0.5) is 22.3 Å². The number of ether oxygens (including phenoxy) is 1. The Morgan fingerprint density at radius 2 is 1.82 bits per heavy atom. The first-order valence-electron chi connectivity index (χ1n) is 11.6. The van der Waals surface area contributed by atoms with Gasteiger partial charge in [0.1, 0.15) is 16.4 Å². The predicted molar refractivity (Wildman–Crippen MR) is 135 cm³/mol. The van der Waals surface area contributed by atoms with Crippen molar-refractivity contribution in [3.8, 4) is 5.75 Å². The van der Waals surface area contributed by atoms with E-state index in [9.17, 15) is 9.90 Å². The van der Waals surface area contributed by atoms with Crippen LogP contribution in [0.25, 0.3) is 0 Å². The number of rotatable bonds is 6. The number of hydrogen-bond acceptors (Lipinski definition) is 9. The lowest BCUT2D eigenvalue weighted by Gasteiger charge is -2.40. The molecule has 2 fully saturated rings. The molecule has 2 aromatic carbocycles. The Labute approximate surface area is 203 Å². The minimum Gasteiger partial charge on any atom is -0.508 e. The molecule has 1 aromatic heterocycles. The minimum absolute atomic E-state index is 0.0395. The first-order chi connectivity index (χ1) is 16.6. The number of nitrogen functional groups attached to an aromatic ring is 1. The molecule has 0 unspecified atom stereocenters.